The number of nitrogens with zero attached hydrogens (tertiary/aromatic N) is 2. The van der Waals surface area contributed by atoms with E-state index in [1.54, 1.807) is 0 Å². The van der Waals surface area contributed by atoms with Gasteiger partial charge in [-0.05, 0) is 12.3 Å². The van der Waals surface area contributed by atoms with E-state index in [1.165, 1.54) is 7.11 Å². The Morgan fingerprint density at radius 1 is 1.45 bits per heavy atom. The first-order valence-corrected chi connectivity index (χ1v) is 7.02. The van der Waals surface area contributed by atoms with Crippen molar-refractivity contribution < 1.29 is 14.3 Å². The van der Waals surface area contributed by atoms with E-state index in [4.69, 9.17) is 10.5 Å². The molecule has 0 amide bonds. The van der Waals surface area contributed by atoms with Gasteiger partial charge in [0.1, 0.15) is 11.6 Å². The molecule has 20 heavy (non-hydrogen) atoms. The Balaban J connectivity index is 2.64. The van der Waals surface area contributed by atoms with E-state index in [1.807, 2.05) is 11.5 Å². The first kappa shape index (κ1) is 16.5. The van der Waals surface area contributed by atoms with E-state index in [9.17, 15) is 4.79 Å². The van der Waals surface area contributed by atoms with Crippen molar-refractivity contribution in [3.05, 3.63) is 11.5 Å². The second-order valence-corrected chi connectivity index (χ2v) is 5.08. The topological polar surface area (TPSA) is 79.4 Å². The fourth-order valence-corrected chi connectivity index (χ4v) is 1.92. The monoisotopic (exact) mass is 283 g/mol. The Bertz CT molecular complexity index is 441. The summed E-state index contributed by atoms with van der Waals surface area (Å²) in [5.74, 6) is 1.21. The maximum absolute atomic E-state index is 11.6. The highest BCUT2D eigenvalue weighted by Crippen LogP contribution is 2.17. The Morgan fingerprint density at radius 3 is 2.70 bits per heavy atom. The van der Waals surface area contributed by atoms with Crippen molar-refractivity contribution in [3.63, 3.8) is 0 Å². The molecule has 2 N–H and O–H groups in total. The van der Waals surface area contributed by atoms with E-state index in [2.05, 4.69) is 23.6 Å². The van der Waals surface area contributed by atoms with Crippen LogP contribution in [0.25, 0.3) is 0 Å². The summed E-state index contributed by atoms with van der Waals surface area (Å²) >= 11 is 0. The van der Waals surface area contributed by atoms with Gasteiger partial charge in [-0.15, -0.1) is 0 Å². The minimum Gasteiger partial charge on any atom is -0.464 e. The summed E-state index contributed by atoms with van der Waals surface area (Å²) in [7, 11) is 1.33. The van der Waals surface area contributed by atoms with Crippen LogP contribution in [0.5, 0.6) is 0 Å². The van der Waals surface area contributed by atoms with E-state index >= 15 is 0 Å². The highest BCUT2D eigenvalue weighted by Gasteiger charge is 2.19. The van der Waals surface area contributed by atoms with Gasteiger partial charge in [-0.1, -0.05) is 20.8 Å². The molecule has 0 saturated heterocycles. The van der Waals surface area contributed by atoms with E-state index in [0.29, 0.717) is 31.3 Å². The Hall–Kier alpha value is -1.56. The van der Waals surface area contributed by atoms with E-state index in [0.717, 1.165) is 18.9 Å². The molecule has 0 unspecified atom stereocenters. The Morgan fingerprint density at radius 2 is 2.15 bits per heavy atom. The molecule has 1 aromatic heterocycles. The maximum atomic E-state index is 11.6. The molecule has 0 radical (unpaired) electrons. The van der Waals surface area contributed by atoms with Crippen molar-refractivity contribution >= 4 is 11.8 Å². The van der Waals surface area contributed by atoms with Gasteiger partial charge < -0.3 is 19.8 Å². The lowest BCUT2D eigenvalue weighted by molar-refractivity contribution is 0.0595. The number of hydrogen-bond donors (Lipinski definition) is 1. The average molecular weight is 283 g/mol. The fraction of sp³-hybridized carbons (Fsp3) is 0.714. The predicted molar refractivity (Wildman–Crippen MR) is 77.6 cm³/mol. The van der Waals surface area contributed by atoms with Crippen LogP contribution in [-0.2, 0) is 22.4 Å². The smallest absolute Gasteiger partial charge is 0.360 e. The summed E-state index contributed by atoms with van der Waals surface area (Å²) in [4.78, 5) is 15.8. The second kappa shape index (κ2) is 7.89. The van der Waals surface area contributed by atoms with Crippen LogP contribution in [0.1, 0.15) is 43.5 Å². The summed E-state index contributed by atoms with van der Waals surface area (Å²) < 4.78 is 12.1. The fourth-order valence-electron chi connectivity index (χ4n) is 1.92. The number of carbonyl (C=O) groups is 1. The zero-order valence-corrected chi connectivity index (χ0v) is 12.8. The number of rotatable bonds is 8. The SMILES string of the molecule is CCc1nc(C(=O)OC)c(N)n1CCCOCC(C)C. The van der Waals surface area contributed by atoms with Crippen molar-refractivity contribution in [2.24, 2.45) is 5.92 Å². The van der Waals surface area contributed by atoms with Crippen LogP contribution in [-0.4, -0.2) is 35.8 Å². The predicted octanol–water partition coefficient (Wildman–Crippen LogP) is 1.88. The summed E-state index contributed by atoms with van der Waals surface area (Å²) in [6, 6.07) is 0. The van der Waals surface area contributed by atoms with Crippen molar-refractivity contribution in [1.29, 1.82) is 0 Å². The van der Waals surface area contributed by atoms with Gasteiger partial charge in [-0.3, -0.25) is 0 Å². The third kappa shape index (κ3) is 4.23. The van der Waals surface area contributed by atoms with Gasteiger partial charge in [0.05, 0.1) is 7.11 Å². The third-order valence-corrected chi connectivity index (χ3v) is 2.90. The van der Waals surface area contributed by atoms with Crippen molar-refractivity contribution in [1.82, 2.24) is 9.55 Å². The molecule has 0 aromatic carbocycles. The number of carbonyl (C=O) groups excluding carboxylic acids is 1. The molecule has 114 valence electrons. The molecule has 0 aliphatic rings. The first-order valence-electron chi connectivity index (χ1n) is 7.02. The van der Waals surface area contributed by atoms with Gasteiger partial charge in [0.2, 0.25) is 0 Å². The number of esters is 1. The normalized spacial score (nSPS) is 11.1. The third-order valence-electron chi connectivity index (χ3n) is 2.90. The highest BCUT2D eigenvalue weighted by molar-refractivity contribution is 5.92. The molecule has 0 aliphatic carbocycles. The molecule has 1 rings (SSSR count). The molecule has 0 saturated carbocycles. The highest BCUT2D eigenvalue weighted by atomic mass is 16.5. The van der Waals surface area contributed by atoms with Gasteiger partial charge in [-0.25, -0.2) is 9.78 Å². The average Bonchev–Trinajstić information content (AvgIpc) is 2.74. The second-order valence-electron chi connectivity index (χ2n) is 5.08. The number of imidazole rings is 1. The van der Waals surface area contributed by atoms with Crippen LogP contribution >= 0.6 is 0 Å². The molecule has 6 nitrogen and oxygen atoms in total. The van der Waals surface area contributed by atoms with Gasteiger partial charge >= 0.3 is 5.97 Å². The zero-order chi connectivity index (χ0) is 15.1. The quantitative estimate of drug-likeness (QED) is 0.582. The lowest BCUT2D eigenvalue weighted by Gasteiger charge is -2.10. The van der Waals surface area contributed by atoms with E-state index < -0.39 is 5.97 Å². The summed E-state index contributed by atoms with van der Waals surface area (Å²) in [5, 5.41) is 0. The number of aromatic nitrogens is 2. The Kier molecular flexibility index (Phi) is 6.51. The molecular weight excluding hydrogens is 258 g/mol. The molecule has 1 aromatic rings. The summed E-state index contributed by atoms with van der Waals surface area (Å²) in [6.07, 6.45) is 1.55. The van der Waals surface area contributed by atoms with Crippen LogP contribution in [0.4, 0.5) is 5.82 Å². The number of hydrogen-bond acceptors (Lipinski definition) is 5. The zero-order valence-electron chi connectivity index (χ0n) is 12.8. The Labute approximate surface area is 120 Å². The lowest BCUT2D eigenvalue weighted by Crippen LogP contribution is -2.11. The van der Waals surface area contributed by atoms with Gasteiger partial charge in [-0.2, -0.15) is 0 Å². The standard InChI is InChI=1S/C14H25N3O3/c1-5-11-16-12(14(18)19-4)13(15)17(11)7-6-8-20-9-10(2)3/h10H,5-9,15H2,1-4H3. The van der Waals surface area contributed by atoms with Crippen LogP contribution in [0.15, 0.2) is 0 Å². The van der Waals surface area contributed by atoms with Crippen molar-refractivity contribution in [3.8, 4) is 0 Å². The number of nitrogen functional groups attached to an aromatic ring is 1. The minimum absolute atomic E-state index is 0.201. The maximum Gasteiger partial charge on any atom is 0.360 e. The van der Waals surface area contributed by atoms with Gasteiger partial charge in [0.25, 0.3) is 0 Å². The number of ether oxygens (including phenoxy) is 2. The molecular formula is C14H25N3O3. The molecule has 0 fully saturated rings. The minimum atomic E-state index is -0.494. The molecule has 0 atom stereocenters. The molecule has 0 bridgehead atoms. The molecule has 1 heterocycles. The number of aryl methyl sites for hydroxylation is 1. The number of anilines is 1. The van der Waals surface area contributed by atoms with Gasteiger partial charge in [0, 0.05) is 26.2 Å². The van der Waals surface area contributed by atoms with E-state index in [-0.39, 0.29) is 5.69 Å². The van der Waals surface area contributed by atoms with Crippen LogP contribution in [0, 0.1) is 5.92 Å². The van der Waals surface area contributed by atoms with Crippen molar-refractivity contribution in [2.75, 3.05) is 26.1 Å². The van der Waals surface area contributed by atoms with Gasteiger partial charge in [0.15, 0.2) is 5.69 Å². The van der Waals surface area contributed by atoms with Crippen LogP contribution < -0.4 is 5.73 Å². The first-order chi connectivity index (χ1) is 9.51. The molecule has 6 heteroatoms. The molecule has 0 spiro atoms. The molecule has 0 aliphatic heterocycles. The number of nitrogens with two attached hydrogens (primary N) is 1. The van der Waals surface area contributed by atoms with Crippen LogP contribution in [0.2, 0.25) is 0 Å². The number of methoxy groups -OCH3 is 1. The van der Waals surface area contributed by atoms with Crippen molar-refractivity contribution in [2.45, 2.75) is 40.2 Å². The van der Waals surface area contributed by atoms with Crippen LogP contribution in [0.3, 0.4) is 0 Å². The summed E-state index contributed by atoms with van der Waals surface area (Å²) in [6.45, 7) is 8.34. The lowest BCUT2D eigenvalue weighted by atomic mass is 10.2. The summed E-state index contributed by atoms with van der Waals surface area (Å²) in [5.41, 5.74) is 6.18. The largest absolute Gasteiger partial charge is 0.464 e.